The van der Waals surface area contributed by atoms with Gasteiger partial charge in [-0.3, -0.25) is 0 Å². The molecule has 1 aromatic carbocycles. The minimum Gasteiger partial charge on any atom is -0.491 e. The van der Waals surface area contributed by atoms with Crippen LogP contribution in [0.25, 0.3) is 0 Å². The largest absolute Gasteiger partial charge is 0.491 e. The third-order valence-corrected chi connectivity index (χ3v) is 2.45. The van der Waals surface area contributed by atoms with Crippen molar-refractivity contribution in [3.63, 3.8) is 0 Å². The number of nitrogens with two attached hydrogens (primary N) is 1. The topological polar surface area (TPSA) is 35.2 Å². The highest BCUT2D eigenvalue weighted by molar-refractivity contribution is 6.31. The van der Waals surface area contributed by atoms with Crippen LogP contribution in [0.1, 0.15) is 27.2 Å². The molecule has 0 aliphatic carbocycles. The lowest BCUT2D eigenvalue weighted by Crippen LogP contribution is -2.11. The molecule has 0 saturated heterocycles. The molecule has 0 aliphatic rings. The number of rotatable bonds is 3. The Morgan fingerprint density at radius 3 is 2.56 bits per heavy atom. The number of anilines is 1. The van der Waals surface area contributed by atoms with Crippen molar-refractivity contribution in [2.24, 2.45) is 5.41 Å². The van der Waals surface area contributed by atoms with Gasteiger partial charge in [0.1, 0.15) is 11.6 Å². The fourth-order valence-electron chi connectivity index (χ4n) is 1.14. The Morgan fingerprint density at radius 1 is 1.38 bits per heavy atom. The fourth-order valence-corrected chi connectivity index (χ4v) is 1.31. The molecule has 1 aromatic rings. The molecule has 0 amide bonds. The maximum Gasteiger partial charge on any atom is 0.145 e. The molecule has 0 bridgehead atoms. The zero-order chi connectivity index (χ0) is 12.3. The van der Waals surface area contributed by atoms with Crippen molar-refractivity contribution in [3.8, 4) is 5.75 Å². The average molecular weight is 246 g/mol. The number of halogens is 2. The molecule has 0 heterocycles. The van der Waals surface area contributed by atoms with Crippen molar-refractivity contribution in [1.82, 2.24) is 0 Å². The molecular weight excluding hydrogens is 229 g/mol. The minimum atomic E-state index is -0.512. The highest BCUT2D eigenvalue weighted by Crippen LogP contribution is 2.29. The summed E-state index contributed by atoms with van der Waals surface area (Å²) < 4.78 is 18.6. The molecular formula is C12H17ClFNO. The molecule has 0 fully saturated rings. The van der Waals surface area contributed by atoms with E-state index in [1.165, 1.54) is 12.1 Å². The summed E-state index contributed by atoms with van der Waals surface area (Å²) in [6, 6.07) is 2.59. The van der Waals surface area contributed by atoms with E-state index < -0.39 is 5.82 Å². The van der Waals surface area contributed by atoms with Gasteiger partial charge in [0.25, 0.3) is 0 Å². The van der Waals surface area contributed by atoms with E-state index in [2.05, 4.69) is 20.8 Å². The van der Waals surface area contributed by atoms with E-state index in [0.717, 1.165) is 6.42 Å². The fraction of sp³-hybridized carbons (Fsp3) is 0.500. The Bertz CT molecular complexity index is 374. The van der Waals surface area contributed by atoms with Crippen molar-refractivity contribution in [2.75, 3.05) is 12.3 Å². The maximum atomic E-state index is 13.2. The highest BCUT2D eigenvalue weighted by Gasteiger charge is 2.12. The molecule has 2 N–H and O–H groups in total. The number of benzene rings is 1. The molecule has 1 rings (SSSR count). The lowest BCUT2D eigenvalue weighted by atomic mass is 9.93. The van der Waals surface area contributed by atoms with Gasteiger partial charge in [0.15, 0.2) is 0 Å². The molecule has 0 aliphatic heterocycles. The number of hydrogen-bond donors (Lipinski definition) is 1. The van der Waals surface area contributed by atoms with Crippen molar-refractivity contribution in [1.29, 1.82) is 0 Å². The summed E-state index contributed by atoms with van der Waals surface area (Å²) in [5.74, 6) is -0.159. The van der Waals surface area contributed by atoms with Crippen LogP contribution in [0.5, 0.6) is 5.75 Å². The van der Waals surface area contributed by atoms with Gasteiger partial charge in [-0.1, -0.05) is 32.4 Å². The van der Waals surface area contributed by atoms with Crippen LogP contribution in [0.4, 0.5) is 10.1 Å². The molecule has 4 heteroatoms. The molecule has 0 unspecified atom stereocenters. The van der Waals surface area contributed by atoms with Gasteiger partial charge >= 0.3 is 0 Å². The van der Waals surface area contributed by atoms with Crippen LogP contribution in [0.15, 0.2) is 12.1 Å². The van der Waals surface area contributed by atoms with Gasteiger partial charge in [-0.15, -0.1) is 0 Å². The molecule has 90 valence electrons. The van der Waals surface area contributed by atoms with Crippen LogP contribution in [0.2, 0.25) is 5.02 Å². The molecule has 16 heavy (non-hydrogen) atoms. The molecule has 0 spiro atoms. The first kappa shape index (κ1) is 13.1. The minimum absolute atomic E-state index is 0.0145. The van der Waals surface area contributed by atoms with Crippen LogP contribution in [-0.4, -0.2) is 6.61 Å². The van der Waals surface area contributed by atoms with Gasteiger partial charge in [0, 0.05) is 6.07 Å². The van der Waals surface area contributed by atoms with Crippen LogP contribution >= 0.6 is 11.6 Å². The van der Waals surface area contributed by atoms with E-state index in [0.29, 0.717) is 18.0 Å². The Balaban J connectivity index is 2.64. The Labute approximate surface area is 101 Å². The molecule has 2 nitrogen and oxygen atoms in total. The quantitative estimate of drug-likeness (QED) is 0.821. The normalized spacial score (nSPS) is 11.6. The van der Waals surface area contributed by atoms with Crippen LogP contribution in [0, 0.1) is 11.2 Å². The third-order valence-electron chi connectivity index (χ3n) is 2.16. The second kappa shape index (κ2) is 4.91. The van der Waals surface area contributed by atoms with Crippen molar-refractivity contribution in [2.45, 2.75) is 27.2 Å². The van der Waals surface area contributed by atoms with E-state index in [1.54, 1.807) is 0 Å². The van der Waals surface area contributed by atoms with E-state index in [4.69, 9.17) is 22.1 Å². The standard InChI is InChI=1S/C12H17ClFNO/c1-12(2,3)4-5-16-11-7-9(14)8(13)6-10(11)15/h6-7H,4-5,15H2,1-3H3. The lowest BCUT2D eigenvalue weighted by Gasteiger charge is -2.18. The van der Waals surface area contributed by atoms with Gasteiger partial charge in [-0.2, -0.15) is 0 Å². The predicted octanol–water partition coefficient (Wildman–Crippen LogP) is 3.88. The summed E-state index contributed by atoms with van der Waals surface area (Å²) in [6.07, 6.45) is 0.872. The zero-order valence-electron chi connectivity index (χ0n) is 9.81. The highest BCUT2D eigenvalue weighted by atomic mass is 35.5. The predicted molar refractivity (Wildman–Crippen MR) is 65.4 cm³/mol. The first-order valence-electron chi connectivity index (χ1n) is 5.17. The second-order valence-corrected chi connectivity index (χ2v) is 5.37. The van der Waals surface area contributed by atoms with E-state index in [1.807, 2.05) is 0 Å². The van der Waals surface area contributed by atoms with Crippen molar-refractivity contribution < 1.29 is 9.13 Å². The third kappa shape index (κ3) is 3.89. The number of ether oxygens (including phenoxy) is 1. The maximum absolute atomic E-state index is 13.2. The summed E-state index contributed by atoms with van der Waals surface area (Å²) in [5, 5.41) is 0.0145. The Hall–Kier alpha value is -0.960. The number of nitrogen functional groups attached to an aromatic ring is 1. The first-order chi connectivity index (χ1) is 7.29. The Kier molecular flexibility index (Phi) is 4.03. The lowest BCUT2D eigenvalue weighted by molar-refractivity contribution is 0.243. The average Bonchev–Trinajstić information content (AvgIpc) is 2.11. The summed E-state index contributed by atoms with van der Waals surface area (Å²) in [5.41, 5.74) is 6.21. The van der Waals surface area contributed by atoms with Crippen LogP contribution < -0.4 is 10.5 Å². The molecule has 0 radical (unpaired) electrons. The molecule has 0 atom stereocenters. The molecule has 0 saturated carbocycles. The molecule has 0 aromatic heterocycles. The van der Waals surface area contributed by atoms with Crippen molar-refractivity contribution >= 4 is 17.3 Å². The van der Waals surface area contributed by atoms with Crippen LogP contribution in [-0.2, 0) is 0 Å². The van der Waals surface area contributed by atoms with E-state index >= 15 is 0 Å². The van der Waals surface area contributed by atoms with Crippen molar-refractivity contribution in [3.05, 3.63) is 23.0 Å². The monoisotopic (exact) mass is 245 g/mol. The van der Waals surface area contributed by atoms with Gasteiger partial charge in [0.2, 0.25) is 0 Å². The summed E-state index contributed by atoms with van der Waals surface area (Å²) >= 11 is 5.58. The summed E-state index contributed by atoms with van der Waals surface area (Å²) in [4.78, 5) is 0. The first-order valence-corrected chi connectivity index (χ1v) is 5.55. The van der Waals surface area contributed by atoms with Gasteiger partial charge < -0.3 is 10.5 Å². The number of hydrogen-bond acceptors (Lipinski definition) is 2. The van der Waals surface area contributed by atoms with Gasteiger partial charge in [0.05, 0.1) is 17.3 Å². The summed E-state index contributed by atoms with van der Waals surface area (Å²) in [6.45, 7) is 6.85. The SMILES string of the molecule is CC(C)(C)CCOc1cc(F)c(Cl)cc1N. The zero-order valence-corrected chi connectivity index (χ0v) is 10.6. The van der Waals surface area contributed by atoms with E-state index in [9.17, 15) is 4.39 Å². The van der Waals surface area contributed by atoms with Gasteiger partial charge in [-0.05, 0) is 17.9 Å². The Morgan fingerprint density at radius 2 is 2.00 bits per heavy atom. The smallest absolute Gasteiger partial charge is 0.145 e. The summed E-state index contributed by atoms with van der Waals surface area (Å²) in [7, 11) is 0. The second-order valence-electron chi connectivity index (χ2n) is 4.96. The van der Waals surface area contributed by atoms with E-state index in [-0.39, 0.29) is 10.4 Å². The van der Waals surface area contributed by atoms with Crippen LogP contribution in [0.3, 0.4) is 0 Å². The van der Waals surface area contributed by atoms with Gasteiger partial charge in [-0.25, -0.2) is 4.39 Å².